The number of fused-ring (bicyclic) bond motifs is 11. The van der Waals surface area contributed by atoms with Crippen LogP contribution in [0, 0.1) is 0 Å². The molecule has 0 aliphatic rings. The highest BCUT2D eigenvalue weighted by molar-refractivity contribution is 6.59. The van der Waals surface area contributed by atoms with E-state index in [-0.39, 0.29) is 27.1 Å². The minimum atomic E-state index is -0.0282. The van der Waals surface area contributed by atoms with Crippen molar-refractivity contribution in [2.75, 3.05) is 0 Å². The van der Waals surface area contributed by atoms with Crippen molar-refractivity contribution in [3.05, 3.63) is 179 Å². The van der Waals surface area contributed by atoms with Crippen molar-refractivity contribution in [1.82, 2.24) is 0 Å². The number of hydrogen-bond donors (Lipinski definition) is 0. The van der Waals surface area contributed by atoms with E-state index in [2.05, 4.69) is 263 Å². The molecule has 416 valence electrons. The third-order valence-corrected chi connectivity index (χ3v) is 21.0. The van der Waals surface area contributed by atoms with Crippen LogP contribution in [0.3, 0.4) is 0 Å². The van der Waals surface area contributed by atoms with Gasteiger partial charge in [-0.15, -0.1) is 0 Å². The molecule has 85 heavy (non-hydrogen) atoms. The number of benzene rings is 12. The topological polar surface area (TPSA) is 0 Å². The van der Waals surface area contributed by atoms with Gasteiger partial charge in [-0.05, 0) is 276 Å². The quantitative estimate of drug-likeness (QED) is 0.155. The van der Waals surface area contributed by atoms with Crippen molar-refractivity contribution in [2.45, 2.75) is 151 Å². The lowest BCUT2D eigenvalue weighted by Crippen LogP contribution is -2.16. The largest absolute Gasteiger partial charge is 0.0587 e. The maximum atomic E-state index is 2.60. The third kappa shape index (κ3) is 6.75. The van der Waals surface area contributed by atoms with Gasteiger partial charge in [0.2, 0.25) is 0 Å². The molecule has 0 aromatic heterocycles. The average Bonchev–Trinajstić information content (AvgIpc) is 1.49. The zero-order valence-corrected chi connectivity index (χ0v) is 52.9. The van der Waals surface area contributed by atoms with Crippen molar-refractivity contribution in [3.63, 3.8) is 0 Å². The number of rotatable bonds is 3. The van der Waals surface area contributed by atoms with E-state index < -0.39 is 0 Å². The lowest BCUT2D eigenvalue weighted by Gasteiger charge is -2.26. The molecule has 17 aromatic carbocycles. The molecule has 0 aliphatic carbocycles. The molecular weight excluding hydrogens is 1020 g/mol. The predicted octanol–water partition coefficient (Wildman–Crippen LogP) is 25.4. The first-order valence-corrected chi connectivity index (χ1v) is 31.6. The van der Waals surface area contributed by atoms with E-state index >= 15 is 0 Å². The van der Waals surface area contributed by atoms with E-state index in [0.717, 1.165) is 0 Å². The van der Waals surface area contributed by atoms with E-state index in [4.69, 9.17) is 0 Å². The van der Waals surface area contributed by atoms with Crippen molar-refractivity contribution < 1.29 is 0 Å². The van der Waals surface area contributed by atoms with Gasteiger partial charge in [-0.1, -0.05) is 227 Å². The van der Waals surface area contributed by atoms with E-state index in [9.17, 15) is 0 Å². The molecule has 17 aromatic rings. The van der Waals surface area contributed by atoms with Gasteiger partial charge in [0.05, 0.1) is 0 Å². The molecule has 0 spiro atoms. The molecule has 0 atom stereocenters. The van der Waals surface area contributed by atoms with Crippen LogP contribution >= 0.6 is 0 Å². The van der Waals surface area contributed by atoms with Crippen LogP contribution in [0.5, 0.6) is 0 Å². The fourth-order valence-corrected chi connectivity index (χ4v) is 16.3. The van der Waals surface area contributed by atoms with Gasteiger partial charge in [0.1, 0.15) is 0 Å². The lowest BCUT2D eigenvalue weighted by atomic mass is 9.78. The first-order valence-electron chi connectivity index (χ1n) is 31.6. The van der Waals surface area contributed by atoms with Crippen molar-refractivity contribution in [2.24, 2.45) is 0 Å². The first kappa shape index (κ1) is 51.4. The standard InChI is InChI=1S/C85H76/c1-42(2)45-32-46(34-52(33-45)83(9,10)11)47-30-43-18-22-61-71-62-23-19-44-31-48(49-35-53(84(12,13)14)39-54(36-49)85(15,16)17)38-66-68(44)77(62)79-70(66)58-25-21-51(82(6,7)8)41-64(58)60-29-27-56-55-26-28-59-63-40-50(81(3,4)5)20-24-57(63)69-65(37-47)67(43)76(61)78(69)74(59)72(55)80(71)73(56)75(60)79/h18-42H,1-17H3. The van der Waals surface area contributed by atoms with Gasteiger partial charge in [-0.2, -0.15) is 0 Å². The molecule has 0 saturated carbocycles. The highest BCUT2D eigenvalue weighted by atomic mass is 14.4. The molecule has 0 saturated heterocycles. The second-order valence-corrected chi connectivity index (χ2v) is 31.9. The van der Waals surface area contributed by atoms with Crippen LogP contribution in [-0.4, -0.2) is 0 Å². The maximum absolute atomic E-state index is 2.60. The van der Waals surface area contributed by atoms with Crippen LogP contribution in [-0.2, 0) is 27.1 Å². The summed E-state index contributed by atoms with van der Waals surface area (Å²) in [4.78, 5) is 0. The van der Waals surface area contributed by atoms with Gasteiger partial charge >= 0.3 is 0 Å². The molecule has 0 bridgehead atoms. The van der Waals surface area contributed by atoms with Gasteiger partial charge in [-0.3, -0.25) is 0 Å². The Hall–Kier alpha value is -8.06. The Kier molecular flexibility index (Phi) is 9.71. The first-order chi connectivity index (χ1) is 40.1. The zero-order valence-electron chi connectivity index (χ0n) is 52.9. The van der Waals surface area contributed by atoms with E-state index in [1.54, 1.807) is 0 Å². The van der Waals surface area contributed by atoms with Crippen LogP contribution in [0.1, 0.15) is 157 Å². The van der Waals surface area contributed by atoms with Crippen molar-refractivity contribution in [3.8, 4) is 22.3 Å². The summed E-state index contributed by atoms with van der Waals surface area (Å²) in [6, 6.07) is 60.3. The van der Waals surface area contributed by atoms with Crippen LogP contribution in [0.25, 0.3) is 173 Å². The van der Waals surface area contributed by atoms with Crippen LogP contribution < -0.4 is 0 Å². The Balaban J connectivity index is 1.13. The Labute approximate surface area is 499 Å². The van der Waals surface area contributed by atoms with Crippen LogP contribution in [0.4, 0.5) is 0 Å². The van der Waals surface area contributed by atoms with Crippen LogP contribution in [0.15, 0.2) is 146 Å². The van der Waals surface area contributed by atoms with Crippen molar-refractivity contribution in [1.29, 1.82) is 0 Å². The molecule has 0 N–H and O–H groups in total. The van der Waals surface area contributed by atoms with E-state index in [0.29, 0.717) is 5.92 Å². The van der Waals surface area contributed by atoms with Crippen LogP contribution in [0.2, 0.25) is 0 Å². The lowest BCUT2D eigenvalue weighted by molar-refractivity contribution is 0.569. The molecule has 0 heteroatoms. The predicted molar refractivity (Wildman–Crippen MR) is 377 cm³/mol. The molecule has 0 unspecified atom stereocenters. The van der Waals surface area contributed by atoms with Gasteiger partial charge < -0.3 is 0 Å². The van der Waals surface area contributed by atoms with Gasteiger partial charge in [0.25, 0.3) is 0 Å². The van der Waals surface area contributed by atoms with Crippen molar-refractivity contribution >= 4 is 151 Å². The monoisotopic (exact) mass is 1100 g/mol. The Morgan fingerprint density at radius 2 is 0.494 bits per heavy atom. The highest BCUT2D eigenvalue weighted by Gasteiger charge is 2.33. The second kappa shape index (κ2) is 16.1. The van der Waals surface area contributed by atoms with Gasteiger partial charge in [0, 0.05) is 0 Å². The Bertz CT molecular complexity index is 5680. The summed E-state index contributed by atoms with van der Waals surface area (Å²) in [5.74, 6) is 0.411. The van der Waals surface area contributed by atoms with Gasteiger partial charge in [-0.25, -0.2) is 0 Å². The maximum Gasteiger partial charge on any atom is -0.0000922 e. The molecule has 0 heterocycles. The molecular formula is C85H76. The Morgan fingerprint density at radius 1 is 0.200 bits per heavy atom. The smallest absolute Gasteiger partial charge is 0.0000922 e. The summed E-state index contributed by atoms with van der Waals surface area (Å²) >= 11 is 0. The summed E-state index contributed by atoms with van der Waals surface area (Å²) in [7, 11) is 0. The average molecular weight is 1100 g/mol. The highest BCUT2D eigenvalue weighted by Crippen LogP contribution is 2.61. The molecule has 0 fully saturated rings. The third-order valence-electron chi connectivity index (χ3n) is 21.0. The normalized spacial score (nSPS) is 14.0. The minimum absolute atomic E-state index is 0.00686. The summed E-state index contributed by atoms with van der Waals surface area (Å²) in [5.41, 5.74) is 13.4. The Morgan fingerprint density at radius 3 is 0.871 bits per heavy atom. The summed E-state index contributed by atoms with van der Waals surface area (Å²) < 4.78 is 0. The fourth-order valence-electron chi connectivity index (χ4n) is 16.3. The SMILES string of the molecule is CC(C)c1cc(-c2cc3ccc4c5c6ccc7cc(-c8cc(C(C)(C)C)cc(C(C)(C)C)c8)cc8c7c6c6c8c7ccc(C(C)(C)C)cc7c7ccc8c9ccc%10c%11cc(C(C)(C)C)ccc%11c%11c(c2)c3c4c%11c%10c9c5c8c76)cc(C(C)(C)C)c1. The van der Waals surface area contributed by atoms with E-state index in [1.165, 1.54) is 206 Å². The molecule has 0 nitrogen and oxygen atoms in total. The van der Waals surface area contributed by atoms with E-state index in [1.807, 2.05) is 0 Å². The molecule has 0 amide bonds. The zero-order chi connectivity index (χ0) is 59.0. The summed E-state index contributed by atoms with van der Waals surface area (Å²) in [6.45, 7) is 40.2. The summed E-state index contributed by atoms with van der Waals surface area (Å²) in [5, 5.41) is 38.6. The fraction of sp³-hybridized carbons (Fsp3) is 0.271. The minimum Gasteiger partial charge on any atom is -0.0587 e. The second-order valence-electron chi connectivity index (χ2n) is 31.9. The van der Waals surface area contributed by atoms with Gasteiger partial charge in [0.15, 0.2) is 0 Å². The number of hydrogen-bond acceptors (Lipinski definition) is 0. The molecule has 17 rings (SSSR count). The molecule has 0 radical (unpaired) electrons. The molecule has 0 aliphatic heterocycles. The summed E-state index contributed by atoms with van der Waals surface area (Å²) in [6.07, 6.45) is 0.